The number of pyridine rings is 1. The molecule has 29 heavy (non-hydrogen) atoms. The molecular formula is C20H22N4O4S. The fourth-order valence-corrected chi connectivity index (χ4v) is 3.22. The van der Waals surface area contributed by atoms with Crippen molar-refractivity contribution in [3.05, 3.63) is 47.1 Å². The monoisotopic (exact) mass is 414 g/mol. The molecular weight excluding hydrogens is 392 g/mol. The number of nitrogens with zero attached hydrogens (tertiary/aromatic N) is 3. The third kappa shape index (κ3) is 4.86. The maximum absolute atomic E-state index is 12.7. The number of benzene rings is 1. The van der Waals surface area contributed by atoms with E-state index < -0.39 is 0 Å². The first kappa shape index (κ1) is 20.7. The predicted octanol–water partition coefficient (Wildman–Crippen LogP) is 2.95. The molecule has 0 saturated carbocycles. The Morgan fingerprint density at radius 1 is 1.17 bits per heavy atom. The summed E-state index contributed by atoms with van der Waals surface area (Å²) in [5, 5.41) is 4.14. The Hall–Kier alpha value is -3.07. The first-order valence-electron chi connectivity index (χ1n) is 8.96. The molecule has 0 atom stereocenters. The molecule has 0 aliphatic carbocycles. The van der Waals surface area contributed by atoms with Gasteiger partial charge in [-0.2, -0.15) is 0 Å². The normalized spacial score (nSPS) is 10.7. The minimum Gasteiger partial charge on any atom is -0.493 e. The van der Waals surface area contributed by atoms with Crippen molar-refractivity contribution in [2.45, 2.75) is 24.4 Å². The lowest BCUT2D eigenvalue weighted by molar-refractivity contribution is -0.116. The van der Waals surface area contributed by atoms with Gasteiger partial charge in [0.05, 0.1) is 48.4 Å². The van der Waals surface area contributed by atoms with Gasteiger partial charge in [0, 0.05) is 19.0 Å². The molecule has 0 fully saturated rings. The number of carbonyl (C=O) groups is 1. The van der Waals surface area contributed by atoms with E-state index in [0.717, 1.165) is 5.03 Å². The van der Waals surface area contributed by atoms with Crippen molar-refractivity contribution >= 4 is 34.3 Å². The Morgan fingerprint density at radius 2 is 1.93 bits per heavy atom. The molecule has 1 aromatic carbocycles. The summed E-state index contributed by atoms with van der Waals surface area (Å²) in [5.74, 6) is 0.857. The van der Waals surface area contributed by atoms with E-state index in [2.05, 4.69) is 15.3 Å². The lowest BCUT2D eigenvalue weighted by Crippen LogP contribution is -2.22. The SMILES string of the molecule is COc1cc2ncn(CCCC(=O)Nc3ccc(SC)nc3)c(=O)c2cc1OC. The van der Waals surface area contributed by atoms with Crippen molar-refractivity contribution in [2.75, 3.05) is 25.8 Å². The van der Waals surface area contributed by atoms with E-state index in [1.807, 2.05) is 18.4 Å². The molecule has 8 nitrogen and oxygen atoms in total. The molecule has 0 radical (unpaired) electrons. The van der Waals surface area contributed by atoms with Gasteiger partial charge in [0.15, 0.2) is 11.5 Å². The van der Waals surface area contributed by atoms with E-state index in [9.17, 15) is 9.59 Å². The smallest absolute Gasteiger partial charge is 0.261 e. The van der Waals surface area contributed by atoms with Crippen molar-refractivity contribution < 1.29 is 14.3 Å². The second-order valence-corrected chi connectivity index (χ2v) is 7.03. The summed E-state index contributed by atoms with van der Waals surface area (Å²) in [6, 6.07) is 6.96. The van der Waals surface area contributed by atoms with Crippen LogP contribution in [-0.2, 0) is 11.3 Å². The number of amides is 1. The Kier molecular flexibility index (Phi) is 6.71. The van der Waals surface area contributed by atoms with E-state index in [4.69, 9.17) is 9.47 Å². The second-order valence-electron chi connectivity index (χ2n) is 6.21. The zero-order valence-corrected chi connectivity index (χ0v) is 17.3. The van der Waals surface area contributed by atoms with Crippen LogP contribution in [0.15, 0.2) is 46.6 Å². The number of ether oxygens (including phenoxy) is 2. The number of anilines is 1. The quantitative estimate of drug-likeness (QED) is 0.566. The fraction of sp³-hybridized carbons (Fsp3) is 0.300. The van der Waals surface area contributed by atoms with Crippen LogP contribution in [-0.4, -0.2) is 40.9 Å². The van der Waals surface area contributed by atoms with Gasteiger partial charge in [-0.05, 0) is 30.9 Å². The first-order chi connectivity index (χ1) is 14.0. The third-order valence-corrected chi connectivity index (χ3v) is 5.02. The zero-order chi connectivity index (χ0) is 20.8. The highest BCUT2D eigenvalue weighted by molar-refractivity contribution is 7.98. The van der Waals surface area contributed by atoms with Crippen LogP contribution in [0.4, 0.5) is 5.69 Å². The maximum Gasteiger partial charge on any atom is 0.261 e. The summed E-state index contributed by atoms with van der Waals surface area (Å²) in [7, 11) is 3.05. The number of aromatic nitrogens is 3. The molecule has 0 aliphatic rings. The maximum atomic E-state index is 12.7. The van der Waals surface area contributed by atoms with Gasteiger partial charge in [-0.1, -0.05) is 0 Å². The standard InChI is InChI=1S/C20H22N4O4S/c1-27-16-9-14-15(10-17(16)28-2)22-12-24(20(14)26)8-4-5-18(25)23-13-6-7-19(29-3)21-11-13/h6-7,9-12H,4-5,8H2,1-3H3,(H,23,25). The van der Waals surface area contributed by atoms with Gasteiger partial charge in [-0.15, -0.1) is 11.8 Å². The number of methoxy groups -OCH3 is 2. The molecule has 0 spiro atoms. The summed E-state index contributed by atoms with van der Waals surface area (Å²) in [6.45, 7) is 0.382. The van der Waals surface area contributed by atoms with Crippen LogP contribution in [0, 0.1) is 0 Å². The van der Waals surface area contributed by atoms with Crippen LogP contribution < -0.4 is 20.3 Å². The van der Waals surface area contributed by atoms with Crippen molar-refractivity contribution in [3.8, 4) is 11.5 Å². The lowest BCUT2D eigenvalue weighted by atomic mass is 10.2. The molecule has 2 aromatic heterocycles. The Balaban J connectivity index is 1.64. The molecule has 1 N–H and O–H groups in total. The molecule has 2 heterocycles. The first-order valence-corrected chi connectivity index (χ1v) is 10.2. The van der Waals surface area contributed by atoms with Crippen LogP contribution in [0.1, 0.15) is 12.8 Å². The Bertz CT molecular complexity index is 1070. The van der Waals surface area contributed by atoms with E-state index in [1.54, 1.807) is 18.3 Å². The topological polar surface area (TPSA) is 95.3 Å². The molecule has 1 amide bonds. The highest BCUT2D eigenvalue weighted by atomic mass is 32.2. The predicted molar refractivity (Wildman–Crippen MR) is 113 cm³/mol. The van der Waals surface area contributed by atoms with Crippen LogP contribution in [0.3, 0.4) is 0 Å². The molecule has 0 unspecified atom stereocenters. The van der Waals surface area contributed by atoms with Crippen LogP contribution in [0.25, 0.3) is 10.9 Å². The molecule has 0 saturated heterocycles. The van der Waals surface area contributed by atoms with Crippen LogP contribution in [0.2, 0.25) is 0 Å². The van der Waals surface area contributed by atoms with E-state index >= 15 is 0 Å². The average Bonchev–Trinajstić information content (AvgIpc) is 2.75. The number of hydrogen-bond acceptors (Lipinski definition) is 7. The van der Waals surface area contributed by atoms with Crippen molar-refractivity contribution in [3.63, 3.8) is 0 Å². The molecule has 3 rings (SSSR count). The molecule has 0 bridgehead atoms. The molecule has 0 aliphatic heterocycles. The van der Waals surface area contributed by atoms with Crippen molar-refractivity contribution in [2.24, 2.45) is 0 Å². The van der Waals surface area contributed by atoms with Gasteiger partial charge in [-0.25, -0.2) is 9.97 Å². The van der Waals surface area contributed by atoms with E-state index in [-0.39, 0.29) is 17.9 Å². The van der Waals surface area contributed by atoms with Crippen molar-refractivity contribution in [1.29, 1.82) is 0 Å². The fourth-order valence-electron chi connectivity index (χ4n) is 2.85. The van der Waals surface area contributed by atoms with E-state index in [1.165, 1.54) is 36.9 Å². The molecule has 152 valence electrons. The van der Waals surface area contributed by atoms with Gasteiger partial charge in [0.1, 0.15) is 0 Å². The summed E-state index contributed by atoms with van der Waals surface area (Å²) in [5.41, 5.74) is 0.995. The van der Waals surface area contributed by atoms with Crippen LogP contribution >= 0.6 is 11.8 Å². The summed E-state index contributed by atoms with van der Waals surface area (Å²) >= 11 is 1.54. The minimum absolute atomic E-state index is 0.128. The largest absolute Gasteiger partial charge is 0.493 e. The number of hydrogen-bond donors (Lipinski definition) is 1. The molecule has 9 heteroatoms. The number of rotatable bonds is 8. The summed E-state index contributed by atoms with van der Waals surface area (Å²) in [4.78, 5) is 33.4. The highest BCUT2D eigenvalue weighted by Gasteiger charge is 2.11. The van der Waals surface area contributed by atoms with Gasteiger partial charge in [-0.3, -0.25) is 14.2 Å². The van der Waals surface area contributed by atoms with E-state index in [0.29, 0.717) is 41.1 Å². The number of fused-ring (bicyclic) bond motifs is 1. The second kappa shape index (κ2) is 9.42. The van der Waals surface area contributed by atoms with Gasteiger partial charge in [0.2, 0.25) is 5.91 Å². The van der Waals surface area contributed by atoms with Crippen molar-refractivity contribution in [1.82, 2.24) is 14.5 Å². The van der Waals surface area contributed by atoms with Gasteiger partial charge >= 0.3 is 0 Å². The number of nitrogens with one attached hydrogen (secondary N) is 1. The third-order valence-electron chi connectivity index (χ3n) is 4.36. The number of aryl methyl sites for hydroxylation is 1. The average molecular weight is 414 g/mol. The minimum atomic E-state index is -0.187. The Morgan fingerprint density at radius 3 is 2.59 bits per heavy atom. The van der Waals surface area contributed by atoms with Crippen LogP contribution in [0.5, 0.6) is 11.5 Å². The highest BCUT2D eigenvalue weighted by Crippen LogP contribution is 2.29. The Labute approximate surface area is 172 Å². The van der Waals surface area contributed by atoms with Gasteiger partial charge in [0.25, 0.3) is 5.56 Å². The summed E-state index contributed by atoms with van der Waals surface area (Å²) in [6.07, 6.45) is 5.84. The lowest BCUT2D eigenvalue weighted by Gasteiger charge is -2.10. The van der Waals surface area contributed by atoms with Gasteiger partial charge < -0.3 is 14.8 Å². The number of thioether (sulfide) groups is 1. The summed E-state index contributed by atoms with van der Waals surface area (Å²) < 4.78 is 12.0. The molecule has 3 aromatic rings. The zero-order valence-electron chi connectivity index (χ0n) is 16.5. The number of carbonyl (C=O) groups excluding carboxylic acids is 1.